The average molecular weight is 320 g/mol. The van der Waals surface area contributed by atoms with Gasteiger partial charge in [0.15, 0.2) is 23.4 Å². The number of hydrogen-bond acceptors (Lipinski definition) is 6. The van der Waals surface area contributed by atoms with Crippen LogP contribution in [0.3, 0.4) is 0 Å². The number of carbonyl (C=O) groups excluding carboxylic acids is 1. The zero-order valence-electron chi connectivity index (χ0n) is 12.8. The number of carboxylic acid groups (broad SMARTS) is 1. The number of ether oxygens (including phenoxy) is 2. The lowest BCUT2D eigenvalue weighted by molar-refractivity contribution is -0.122. The van der Waals surface area contributed by atoms with Gasteiger partial charge in [0.2, 0.25) is 0 Å². The van der Waals surface area contributed by atoms with Gasteiger partial charge in [0.25, 0.3) is 5.91 Å². The minimum atomic E-state index is -1.08. The summed E-state index contributed by atoms with van der Waals surface area (Å²) >= 11 is 0. The summed E-state index contributed by atoms with van der Waals surface area (Å²) in [7, 11) is 1.39. The molecule has 0 bridgehead atoms. The van der Waals surface area contributed by atoms with Gasteiger partial charge in [-0.3, -0.25) is 4.79 Å². The molecule has 0 saturated heterocycles. The Bertz CT molecular complexity index is 725. The Hall–Kier alpha value is -3.03. The van der Waals surface area contributed by atoms with Gasteiger partial charge in [-0.2, -0.15) is 0 Å². The van der Waals surface area contributed by atoms with E-state index in [1.54, 1.807) is 19.9 Å². The fraction of sp³-hybridized carbons (Fsp3) is 0.267. The predicted molar refractivity (Wildman–Crippen MR) is 79.9 cm³/mol. The number of aromatic nitrogens is 1. The SMILES string of the molecule is COc1cc(C(=O)O)ccc1O[C@@H](C)C(=O)Nc1cc(C)on1. The lowest BCUT2D eigenvalue weighted by Gasteiger charge is -2.16. The van der Waals surface area contributed by atoms with Gasteiger partial charge in [-0.15, -0.1) is 0 Å². The topological polar surface area (TPSA) is 111 Å². The maximum absolute atomic E-state index is 12.0. The van der Waals surface area contributed by atoms with Crippen LogP contribution in [0.1, 0.15) is 23.0 Å². The molecule has 2 N–H and O–H groups in total. The number of nitrogens with zero attached hydrogens (tertiary/aromatic N) is 1. The number of benzene rings is 1. The van der Waals surface area contributed by atoms with Crippen molar-refractivity contribution in [2.24, 2.45) is 0 Å². The van der Waals surface area contributed by atoms with Crippen molar-refractivity contribution >= 4 is 17.7 Å². The van der Waals surface area contributed by atoms with Crippen LogP contribution in [0.2, 0.25) is 0 Å². The van der Waals surface area contributed by atoms with Gasteiger partial charge in [-0.1, -0.05) is 5.16 Å². The number of rotatable bonds is 6. The highest BCUT2D eigenvalue weighted by Gasteiger charge is 2.19. The van der Waals surface area contributed by atoms with Crippen molar-refractivity contribution in [3.63, 3.8) is 0 Å². The third kappa shape index (κ3) is 4.00. The highest BCUT2D eigenvalue weighted by Crippen LogP contribution is 2.29. The van der Waals surface area contributed by atoms with Crippen molar-refractivity contribution in [3.8, 4) is 11.5 Å². The van der Waals surface area contributed by atoms with E-state index in [1.807, 2.05) is 0 Å². The molecule has 1 amide bonds. The Labute approximate surface area is 132 Å². The van der Waals surface area contributed by atoms with Crippen LogP contribution in [-0.2, 0) is 4.79 Å². The van der Waals surface area contributed by atoms with Crippen LogP contribution in [0.15, 0.2) is 28.8 Å². The highest BCUT2D eigenvalue weighted by atomic mass is 16.5. The van der Waals surface area contributed by atoms with E-state index in [9.17, 15) is 9.59 Å². The molecule has 23 heavy (non-hydrogen) atoms. The van der Waals surface area contributed by atoms with E-state index in [1.165, 1.54) is 25.3 Å². The van der Waals surface area contributed by atoms with E-state index >= 15 is 0 Å². The van der Waals surface area contributed by atoms with Gasteiger partial charge in [-0.05, 0) is 32.0 Å². The molecular weight excluding hydrogens is 304 g/mol. The molecule has 1 atom stereocenters. The van der Waals surface area contributed by atoms with Gasteiger partial charge in [-0.25, -0.2) is 4.79 Å². The number of methoxy groups -OCH3 is 1. The number of carbonyl (C=O) groups is 2. The first kappa shape index (κ1) is 16.3. The van der Waals surface area contributed by atoms with Gasteiger partial charge >= 0.3 is 5.97 Å². The maximum atomic E-state index is 12.0. The fourth-order valence-electron chi connectivity index (χ4n) is 1.80. The van der Waals surface area contributed by atoms with Crippen molar-refractivity contribution in [2.75, 3.05) is 12.4 Å². The molecule has 2 rings (SSSR count). The summed E-state index contributed by atoms with van der Waals surface area (Å²) in [4.78, 5) is 23.0. The molecule has 0 saturated carbocycles. The van der Waals surface area contributed by atoms with Crippen LogP contribution in [0.25, 0.3) is 0 Å². The van der Waals surface area contributed by atoms with Crippen molar-refractivity contribution in [1.82, 2.24) is 5.16 Å². The molecule has 2 aromatic rings. The van der Waals surface area contributed by atoms with Gasteiger partial charge in [0.05, 0.1) is 12.7 Å². The third-order valence-corrected chi connectivity index (χ3v) is 2.96. The molecule has 0 fully saturated rings. The fourth-order valence-corrected chi connectivity index (χ4v) is 1.80. The Morgan fingerprint density at radius 2 is 2.04 bits per heavy atom. The predicted octanol–water partition coefficient (Wildman–Crippen LogP) is 2.10. The van der Waals surface area contributed by atoms with Crippen molar-refractivity contribution in [3.05, 3.63) is 35.6 Å². The minimum absolute atomic E-state index is 0.0596. The number of aromatic carboxylic acids is 1. The summed E-state index contributed by atoms with van der Waals surface area (Å²) in [5.74, 6) is -0.168. The first-order chi connectivity index (χ1) is 10.9. The molecule has 0 aliphatic rings. The zero-order valence-corrected chi connectivity index (χ0v) is 12.8. The summed E-state index contributed by atoms with van der Waals surface area (Å²) in [5.41, 5.74) is 0.0596. The van der Waals surface area contributed by atoms with Crippen LogP contribution in [0, 0.1) is 6.92 Å². The first-order valence-electron chi connectivity index (χ1n) is 6.73. The molecule has 0 spiro atoms. The standard InChI is InChI=1S/C15H16N2O6/c1-8-6-13(17-23-8)16-14(18)9(2)22-11-5-4-10(15(19)20)7-12(11)21-3/h4-7,9H,1-3H3,(H,19,20)(H,16,17,18)/t9-/m0/s1. The number of anilines is 1. The summed E-state index contributed by atoms with van der Waals surface area (Å²) in [5, 5.41) is 15.2. The highest BCUT2D eigenvalue weighted by molar-refractivity contribution is 5.93. The molecule has 0 aliphatic heterocycles. The second-order valence-corrected chi connectivity index (χ2v) is 4.74. The van der Waals surface area contributed by atoms with Gasteiger partial charge in [0, 0.05) is 6.07 Å². The first-order valence-corrected chi connectivity index (χ1v) is 6.73. The van der Waals surface area contributed by atoms with E-state index in [-0.39, 0.29) is 22.9 Å². The maximum Gasteiger partial charge on any atom is 0.335 e. The van der Waals surface area contributed by atoms with Crippen LogP contribution in [0.5, 0.6) is 11.5 Å². The van der Waals surface area contributed by atoms with E-state index in [0.717, 1.165) is 0 Å². The van der Waals surface area contributed by atoms with Crippen LogP contribution in [-0.4, -0.2) is 35.4 Å². The van der Waals surface area contributed by atoms with Crippen LogP contribution >= 0.6 is 0 Å². The Morgan fingerprint density at radius 1 is 1.30 bits per heavy atom. The lowest BCUT2D eigenvalue weighted by atomic mass is 10.2. The normalized spacial score (nSPS) is 11.6. The second kappa shape index (κ2) is 6.82. The Balaban J connectivity index is 2.08. The molecule has 1 aromatic heterocycles. The molecule has 8 heteroatoms. The summed E-state index contributed by atoms with van der Waals surface area (Å²) in [6.07, 6.45) is -0.850. The second-order valence-electron chi connectivity index (χ2n) is 4.74. The molecule has 0 radical (unpaired) electrons. The summed E-state index contributed by atoms with van der Waals surface area (Å²) < 4.78 is 15.5. The molecular formula is C15H16N2O6. The molecule has 122 valence electrons. The van der Waals surface area contributed by atoms with Gasteiger partial charge < -0.3 is 24.4 Å². The van der Waals surface area contributed by atoms with E-state index in [4.69, 9.17) is 19.1 Å². The Kier molecular flexibility index (Phi) is 4.85. The molecule has 8 nitrogen and oxygen atoms in total. The van der Waals surface area contributed by atoms with E-state index in [2.05, 4.69) is 10.5 Å². The van der Waals surface area contributed by atoms with E-state index < -0.39 is 18.0 Å². The van der Waals surface area contributed by atoms with E-state index in [0.29, 0.717) is 5.76 Å². The van der Waals surface area contributed by atoms with Gasteiger partial charge in [0.1, 0.15) is 5.76 Å². The molecule has 0 unspecified atom stereocenters. The van der Waals surface area contributed by atoms with Crippen molar-refractivity contribution < 1.29 is 28.7 Å². The zero-order chi connectivity index (χ0) is 17.0. The molecule has 0 aliphatic carbocycles. The molecule has 1 heterocycles. The third-order valence-electron chi connectivity index (χ3n) is 2.96. The lowest BCUT2D eigenvalue weighted by Crippen LogP contribution is -2.30. The summed E-state index contributed by atoms with van der Waals surface area (Å²) in [6.45, 7) is 3.25. The average Bonchev–Trinajstić information content (AvgIpc) is 2.92. The quantitative estimate of drug-likeness (QED) is 0.838. The van der Waals surface area contributed by atoms with Crippen molar-refractivity contribution in [1.29, 1.82) is 0 Å². The smallest absolute Gasteiger partial charge is 0.335 e. The number of nitrogens with one attached hydrogen (secondary N) is 1. The van der Waals surface area contributed by atoms with Crippen LogP contribution < -0.4 is 14.8 Å². The number of aryl methyl sites for hydroxylation is 1. The molecule has 1 aromatic carbocycles. The summed E-state index contributed by atoms with van der Waals surface area (Å²) in [6, 6.07) is 5.70. The number of amides is 1. The monoisotopic (exact) mass is 320 g/mol. The van der Waals surface area contributed by atoms with Crippen LogP contribution in [0.4, 0.5) is 5.82 Å². The number of hydrogen-bond donors (Lipinski definition) is 2. The number of carboxylic acids is 1. The minimum Gasteiger partial charge on any atom is -0.493 e. The van der Waals surface area contributed by atoms with Crippen molar-refractivity contribution in [2.45, 2.75) is 20.0 Å². The Morgan fingerprint density at radius 3 is 2.61 bits per heavy atom. The largest absolute Gasteiger partial charge is 0.493 e.